The lowest BCUT2D eigenvalue weighted by Gasteiger charge is -2.28. The van der Waals surface area contributed by atoms with E-state index in [9.17, 15) is 4.79 Å². The molecule has 2 rings (SSSR count). The van der Waals surface area contributed by atoms with Gasteiger partial charge in [-0.25, -0.2) is 0 Å². The summed E-state index contributed by atoms with van der Waals surface area (Å²) in [6, 6.07) is 0.104. The maximum absolute atomic E-state index is 11.1. The second-order valence-corrected chi connectivity index (χ2v) is 5.84. The number of carboxylic acid groups (broad SMARTS) is 1. The van der Waals surface area contributed by atoms with E-state index < -0.39 is 5.97 Å². The zero-order chi connectivity index (χ0) is 14.9. The maximum Gasteiger partial charge on any atom is 0.317 e. The summed E-state index contributed by atoms with van der Waals surface area (Å²) in [6.07, 6.45) is 2.46. The lowest BCUT2D eigenvalue weighted by molar-refractivity contribution is -0.139. The number of rotatable bonds is 7. The van der Waals surface area contributed by atoms with Gasteiger partial charge in [0.05, 0.1) is 12.2 Å². The number of hydrogen-bond donors (Lipinski definition) is 1. The molecule has 1 N–H and O–H groups in total. The summed E-state index contributed by atoms with van der Waals surface area (Å²) >= 11 is 0. The van der Waals surface area contributed by atoms with Gasteiger partial charge in [-0.3, -0.25) is 14.4 Å². The minimum absolute atomic E-state index is 0.104. The van der Waals surface area contributed by atoms with Crippen LogP contribution in [0, 0.1) is 19.8 Å². The Labute approximate surface area is 120 Å². The molecular weight excluding hydrogens is 254 g/mol. The van der Waals surface area contributed by atoms with Gasteiger partial charge in [0.15, 0.2) is 0 Å². The van der Waals surface area contributed by atoms with Crippen LogP contribution in [0.4, 0.5) is 0 Å². The molecule has 1 saturated carbocycles. The molecule has 0 radical (unpaired) electrons. The third-order valence-electron chi connectivity index (χ3n) is 4.23. The Morgan fingerprint density at radius 3 is 2.60 bits per heavy atom. The SMILES string of the molecule is CCn1nc(C)c(C(C)N(CC(=O)O)CC2CC2)c1C. The summed E-state index contributed by atoms with van der Waals surface area (Å²) in [7, 11) is 0. The first-order valence-corrected chi connectivity index (χ1v) is 7.43. The number of carboxylic acids is 1. The third-order valence-corrected chi connectivity index (χ3v) is 4.23. The number of nitrogens with zero attached hydrogens (tertiary/aromatic N) is 3. The standard InChI is InChI=1S/C15H25N3O2/c1-5-18-12(4)15(10(2)16-18)11(3)17(9-14(19)20)8-13-6-7-13/h11,13H,5-9H2,1-4H3,(H,19,20). The lowest BCUT2D eigenvalue weighted by atomic mass is 10.0. The first-order chi connectivity index (χ1) is 9.43. The third kappa shape index (κ3) is 3.20. The van der Waals surface area contributed by atoms with Crippen LogP contribution in [-0.2, 0) is 11.3 Å². The van der Waals surface area contributed by atoms with Crippen LogP contribution >= 0.6 is 0 Å². The number of carbonyl (C=O) groups is 1. The smallest absolute Gasteiger partial charge is 0.317 e. The van der Waals surface area contributed by atoms with Crippen LogP contribution in [0.3, 0.4) is 0 Å². The molecule has 0 saturated heterocycles. The van der Waals surface area contributed by atoms with E-state index in [2.05, 4.69) is 30.8 Å². The van der Waals surface area contributed by atoms with Crippen molar-refractivity contribution in [3.05, 3.63) is 17.0 Å². The minimum atomic E-state index is -0.754. The Kier molecular flexibility index (Phi) is 4.48. The van der Waals surface area contributed by atoms with E-state index in [1.165, 1.54) is 18.4 Å². The predicted molar refractivity (Wildman–Crippen MR) is 77.7 cm³/mol. The highest BCUT2D eigenvalue weighted by molar-refractivity contribution is 5.69. The molecule has 1 heterocycles. The van der Waals surface area contributed by atoms with Crippen LogP contribution in [-0.4, -0.2) is 38.8 Å². The first-order valence-electron chi connectivity index (χ1n) is 7.43. The first kappa shape index (κ1) is 15.0. The molecule has 5 nitrogen and oxygen atoms in total. The van der Waals surface area contributed by atoms with Gasteiger partial charge in [-0.1, -0.05) is 0 Å². The summed E-state index contributed by atoms with van der Waals surface area (Å²) in [6.45, 7) is 10.1. The van der Waals surface area contributed by atoms with Crippen molar-refractivity contribution in [2.45, 2.75) is 53.1 Å². The van der Waals surface area contributed by atoms with Gasteiger partial charge in [0.1, 0.15) is 0 Å². The van der Waals surface area contributed by atoms with Gasteiger partial charge >= 0.3 is 5.97 Å². The topological polar surface area (TPSA) is 58.4 Å². The van der Waals surface area contributed by atoms with Crippen molar-refractivity contribution < 1.29 is 9.90 Å². The summed E-state index contributed by atoms with van der Waals surface area (Å²) < 4.78 is 2.00. The van der Waals surface area contributed by atoms with Crippen molar-refractivity contribution in [1.82, 2.24) is 14.7 Å². The molecule has 1 aromatic heterocycles. The number of aliphatic carboxylic acids is 1. The predicted octanol–water partition coefficient (Wildman–Crippen LogP) is 2.38. The molecule has 1 aromatic rings. The molecule has 0 amide bonds. The normalized spacial score (nSPS) is 16.6. The molecule has 0 aromatic carbocycles. The molecule has 0 spiro atoms. The van der Waals surface area contributed by atoms with E-state index in [1.54, 1.807) is 0 Å². The summed E-state index contributed by atoms with van der Waals surface area (Å²) in [4.78, 5) is 13.2. The van der Waals surface area contributed by atoms with Crippen molar-refractivity contribution in [2.24, 2.45) is 5.92 Å². The summed E-state index contributed by atoms with van der Waals surface area (Å²) in [5.41, 5.74) is 3.36. The number of aromatic nitrogens is 2. The Balaban J connectivity index is 2.23. The van der Waals surface area contributed by atoms with Gasteiger partial charge in [-0.15, -0.1) is 0 Å². The fraction of sp³-hybridized carbons (Fsp3) is 0.733. The molecule has 0 bridgehead atoms. The largest absolute Gasteiger partial charge is 0.480 e. The highest BCUT2D eigenvalue weighted by Gasteiger charge is 2.30. The van der Waals surface area contributed by atoms with Gasteiger partial charge in [0.2, 0.25) is 0 Å². The van der Waals surface area contributed by atoms with E-state index in [0.29, 0.717) is 5.92 Å². The molecule has 1 fully saturated rings. The lowest BCUT2D eigenvalue weighted by Crippen LogP contribution is -2.34. The van der Waals surface area contributed by atoms with Crippen LogP contribution in [0.2, 0.25) is 0 Å². The van der Waals surface area contributed by atoms with Crippen LogP contribution in [0.1, 0.15) is 49.7 Å². The fourth-order valence-electron chi connectivity index (χ4n) is 2.97. The zero-order valence-electron chi connectivity index (χ0n) is 12.9. The van der Waals surface area contributed by atoms with Crippen molar-refractivity contribution in [2.75, 3.05) is 13.1 Å². The van der Waals surface area contributed by atoms with E-state index in [4.69, 9.17) is 5.11 Å². The molecule has 1 aliphatic carbocycles. The Hall–Kier alpha value is -1.36. The van der Waals surface area contributed by atoms with Crippen LogP contribution in [0.25, 0.3) is 0 Å². The number of aryl methyl sites for hydroxylation is 2. The van der Waals surface area contributed by atoms with Crippen LogP contribution in [0.15, 0.2) is 0 Å². The molecule has 20 heavy (non-hydrogen) atoms. The van der Waals surface area contributed by atoms with E-state index in [0.717, 1.165) is 24.5 Å². The molecule has 112 valence electrons. The molecular formula is C15H25N3O2. The summed E-state index contributed by atoms with van der Waals surface area (Å²) in [5, 5.41) is 13.7. The maximum atomic E-state index is 11.1. The van der Waals surface area contributed by atoms with Crippen molar-refractivity contribution in [3.8, 4) is 0 Å². The molecule has 1 atom stereocenters. The van der Waals surface area contributed by atoms with Crippen molar-refractivity contribution in [3.63, 3.8) is 0 Å². The second-order valence-electron chi connectivity index (χ2n) is 5.84. The van der Waals surface area contributed by atoms with Crippen molar-refractivity contribution >= 4 is 5.97 Å². The number of hydrogen-bond acceptors (Lipinski definition) is 3. The van der Waals surface area contributed by atoms with Gasteiger partial charge in [0.25, 0.3) is 0 Å². The van der Waals surface area contributed by atoms with Gasteiger partial charge in [-0.05, 0) is 46.5 Å². The highest BCUT2D eigenvalue weighted by Crippen LogP contribution is 2.34. The summed E-state index contributed by atoms with van der Waals surface area (Å²) in [5.74, 6) is -0.0747. The van der Waals surface area contributed by atoms with Crippen LogP contribution < -0.4 is 0 Å². The average Bonchev–Trinajstić information content (AvgIpc) is 3.13. The second kappa shape index (κ2) is 5.95. The Morgan fingerprint density at radius 2 is 2.15 bits per heavy atom. The van der Waals surface area contributed by atoms with E-state index in [-0.39, 0.29) is 12.6 Å². The molecule has 0 aliphatic heterocycles. The van der Waals surface area contributed by atoms with Crippen LogP contribution in [0.5, 0.6) is 0 Å². The molecule has 1 aliphatic rings. The van der Waals surface area contributed by atoms with Gasteiger partial charge < -0.3 is 5.11 Å². The minimum Gasteiger partial charge on any atom is -0.480 e. The Bertz CT molecular complexity index is 492. The fourth-order valence-corrected chi connectivity index (χ4v) is 2.97. The van der Waals surface area contributed by atoms with Gasteiger partial charge in [-0.2, -0.15) is 5.10 Å². The molecule has 1 unspecified atom stereocenters. The van der Waals surface area contributed by atoms with E-state index in [1.807, 2.05) is 11.6 Å². The highest BCUT2D eigenvalue weighted by atomic mass is 16.4. The van der Waals surface area contributed by atoms with Gasteiger partial charge in [0, 0.05) is 30.4 Å². The monoisotopic (exact) mass is 279 g/mol. The zero-order valence-corrected chi connectivity index (χ0v) is 12.9. The quantitative estimate of drug-likeness (QED) is 0.832. The molecule has 5 heteroatoms. The van der Waals surface area contributed by atoms with E-state index >= 15 is 0 Å². The van der Waals surface area contributed by atoms with Crippen molar-refractivity contribution in [1.29, 1.82) is 0 Å². The average molecular weight is 279 g/mol. The Morgan fingerprint density at radius 1 is 1.50 bits per heavy atom.